The average Bonchev–Trinajstić information content (AvgIpc) is 3.29. The van der Waals surface area contributed by atoms with E-state index in [1.165, 1.54) is 17.0 Å². The van der Waals surface area contributed by atoms with E-state index in [9.17, 15) is 19.8 Å². The van der Waals surface area contributed by atoms with Gasteiger partial charge in [-0.3, -0.25) is 14.5 Å². The number of Topliss-reactive ketones (excluding diaryl/α,β-unsaturated/α-hetero) is 1. The minimum absolute atomic E-state index is 0.0155. The number of benzene rings is 3. The number of amides is 1. The lowest BCUT2D eigenvalue weighted by Crippen LogP contribution is -2.29. The molecule has 172 valence electrons. The molecule has 2 unspecified atom stereocenters. The summed E-state index contributed by atoms with van der Waals surface area (Å²) in [6, 6.07) is 16.5. The van der Waals surface area contributed by atoms with Crippen molar-refractivity contribution in [2.24, 2.45) is 0 Å². The molecule has 2 aliphatic rings. The number of fused-ring (bicyclic) bond motifs is 1. The smallest absolute Gasteiger partial charge is 0.300 e. The van der Waals surface area contributed by atoms with Gasteiger partial charge in [-0.25, -0.2) is 0 Å². The summed E-state index contributed by atoms with van der Waals surface area (Å²) in [6.07, 6.45) is 0.744. The molecule has 0 spiro atoms. The van der Waals surface area contributed by atoms with Gasteiger partial charge in [-0.2, -0.15) is 0 Å². The Morgan fingerprint density at radius 1 is 0.971 bits per heavy atom. The second-order valence-electron chi connectivity index (χ2n) is 9.06. The van der Waals surface area contributed by atoms with Crippen LogP contribution in [0.2, 0.25) is 0 Å². The molecule has 0 aromatic heterocycles. The molecule has 5 rings (SSSR count). The Morgan fingerprint density at radius 3 is 2.32 bits per heavy atom. The van der Waals surface area contributed by atoms with Gasteiger partial charge in [0.15, 0.2) is 0 Å². The number of hydrogen-bond acceptors (Lipinski definition) is 5. The lowest BCUT2D eigenvalue weighted by Gasteiger charge is -2.26. The molecular weight excluding hydrogens is 430 g/mol. The maximum Gasteiger partial charge on any atom is 0.300 e. The first-order valence-electron chi connectivity index (χ1n) is 11.2. The topological polar surface area (TPSA) is 87.1 Å². The van der Waals surface area contributed by atoms with E-state index in [2.05, 4.69) is 0 Å². The third kappa shape index (κ3) is 3.61. The van der Waals surface area contributed by atoms with E-state index in [1.807, 2.05) is 45.0 Å². The molecule has 2 atom stereocenters. The van der Waals surface area contributed by atoms with Gasteiger partial charge in [0, 0.05) is 17.7 Å². The standard InChI is InChI=1S/C28H25NO5/c1-15-10-16(2)12-21(11-15)29-25(18-4-7-22(30)8-5-18)24(27(32)28(29)33)26(31)19-6-9-23-20(14-19)13-17(3)34-23/h4-12,14,17,25,30-31H,13H2,1-3H3/b26-24-. The largest absolute Gasteiger partial charge is 0.508 e. The molecular formula is C28H25NO5. The van der Waals surface area contributed by atoms with Gasteiger partial charge in [0.2, 0.25) is 0 Å². The number of anilines is 1. The van der Waals surface area contributed by atoms with Crippen LogP contribution >= 0.6 is 0 Å². The summed E-state index contributed by atoms with van der Waals surface area (Å²) in [6.45, 7) is 5.83. The van der Waals surface area contributed by atoms with Crippen LogP contribution in [0, 0.1) is 13.8 Å². The number of carbonyl (C=O) groups is 2. The fourth-order valence-electron chi connectivity index (χ4n) is 4.89. The molecule has 1 amide bonds. The van der Waals surface area contributed by atoms with Gasteiger partial charge < -0.3 is 14.9 Å². The fourth-order valence-corrected chi connectivity index (χ4v) is 4.89. The quantitative estimate of drug-likeness (QED) is 0.331. The minimum atomic E-state index is -0.842. The highest BCUT2D eigenvalue weighted by Gasteiger charge is 2.47. The van der Waals surface area contributed by atoms with Crippen molar-refractivity contribution >= 4 is 23.1 Å². The van der Waals surface area contributed by atoms with Gasteiger partial charge in [0.05, 0.1) is 11.6 Å². The van der Waals surface area contributed by atoms with Gasteiger partial charge in [-0.05, 0) is 85.5 Å². The number of ketones is 1. The van der Waals surface area contributed by atoms with Crippen molar-refractivity contribution in [1.82, 2.24) is 0 Å². The highest BCUT2D eigenvalue weighted by Crippen LogP contribution is 2.43. The first kappa shape index (κ1) is 21.8. The number of aromatic hydroxyl groups is 1. The first-order valence-corrected chi connectivity index (χ1v) is 11.2. The molecule has 0 aliphatic carbocycles. The Kier molecular flexibility index (Phi) is 5.16. The van der Waals surface area contributed by atoms with Gasteiger partial charge in [-0.15, -0.1) is 0 Å². The summed E-state index contributed by atoms with van der Waals surface area (Å²) in [5.41, 5.74) is 4.51. The lowest BCUT2D eigenvalue weighted by atomic mass is 9.94. The highest BCUT2D eigenvalue weighted by molar-refractivity contribution is 6.51. The molecule has 2 N–H and O–H groups in total. The number of carbonyl (C=O) groups excluding carboxylic acids is 2. The van der Waals surface area contributed by atoms with Crippen molar-refractivity contribution in [1.29, 1.82) is 0 Å². The van der Waals surface area contributed by atoms with E-state index in [4.69, 9.17) is 4.74 Å². The Hall–Kier alpha value is -4.06. The number of aliphatic hydroxyl groups is 1. The Morgan fingerprint density at radius 2 is 1.65 bits per heavy atom. The number of ether oxygens (including phenoxy) is 1. The van der Waals surface area contributed by atoms with Crippen LogP contribution in [0.5, 0.6) is 11.5 Å². The summed E-state index contributed by atoms with van der Waals surface area (Å²) >= 11 is 0. The molecule has 3 aromatic carbocycles. The zero-order chi connectivity index (χ0) is 24.1. The molecule has 6 heteroatoms. The fraction of sp³-hybridized carbons (Fsp3) is 0.214. The van der Waals surface area contributed by atoms with Crippen LogP contribution in [0.15, 0.2) is 66.2 Å². The van der Waals surface area contributed by atoms with Crippen LogP contribution in [-0.2, 0) is 16.0 Å². The Labute approximate surface area is 197 Å². The number of aryl methyl sites for hydroxylation is 2. The molecule has 1 saturated heterocycles. The molecule has 6 nitrogen and oxygen atoms in total. The maximum absolute atomic E-state index is 13.3. The third-order valence-electron chi connectivity index (χ3n) is 6.31. The van der Waals surface area contributed by atoms with Gasteiger partial charge in [0.25, 0.3) is 11.7 Å². The van der Waals surface area contributed by atoms with Crippen LogP contribution in [0.25, 0.3) is 5.76 Å². The van der Waals surface area contributed by atoms with Gasteiger partial charge in [0.1, 0.15) is 23.4 Å². The zero-order valence-corrected chi connectivity index (χ0v) is 19.2. The van der Waals surface area contributed by atoms with Crippen LogP contribution in [0.3, 0.4) is 0 Å². The van der Waals surface area contributed by atoms with E-state index in [0.717, 1.165) is 22.4 Å². The molecule has 0 saturated carbocycles. The van der Waals surface area contributed by atoms with Crippen molar-refractivity contribution in [3.05, 3.63) is 94.1 Å². The summed E-state index contributed by atoms with van der Waals surface area (Å²) in [7, 11) is 0. The van der Waals surface area contributed by atoms with Crippen molar-refractivity contribution in [3.8, 4) is 11.5 Å². The van der Waals surface area contributed by atoms with E-state index in [1.54, 1.807) is 24.3 Å². The molecule has 0 radical (unpaired) electrons. The van der Waals surface area contributed by atoms with Crippen LogP contribution in [-0.4, -0.2) is 28.0 Å². The van der Waals surface area contributed by atoms with E-state index >= 15 is 0 Å². The Balaban J connectivity index is 1.70. The normalized spacial score (nSPS) is 21.0. The van der Waals surface area contributed by atoms with Gasteiger partial charge in [-0.1, -0.05) is 18.2 Å². The van der Waals surface area contributed by atoms with Crippen LogP contribution < -0.4 is 9.64 Å². The predicted octanol–water partition coefficient (Wildman–Crippen LogP) is 4.96. The number of phenols is 1. The Bertz CT molecular complexity index is 1340. The average molecular weight is 456 g/mol. The summed E-state index contributed by atoms with van der Waals surface area (Å²) in [5.74, 6) is -0.858. The number of nitrogens with zero attached hydrogens (tertiary/aromatic N) is 1. The first-order chi connectivity index (χ1) is 16.2. The van der Waals surface area contributed by atoms with E-state index < -0.39 is 17.7 Å². The molecule has 34 heavy (non-hydrogen) atoms. The third-order valence-corrected chi connectivity index (χ3v) is 6.31. The van der Waals surface area contributed by atoms with E-state index in [0.29, 0.717) is 23.2 Å². The second kappa shape index (κ2) is 8.06. The van der Waals surface area contributed by atoms with Crippen molar-refractivity contribution in [2.75, 3.05) is 4.90 Å². The number of aliphatic hydroxyl groups excluding tert-OH is 1. The SMILES string of the molecule is Cc1cc(C)cc(N2C(=O)C(=O)/C(=C(\O)c3ccc4c(c3)CC(C)O4)C2c2ccc(O)cc2)c1. The van der Waals surface area contributed by atoms with Crippen molar-refractivity contribution in [3.63, 3.8) is 0 Å². The number of phenolic OH excluding ortho intramolecular Hbond substituents is 1. The minimum Gasteiger partial charge on any atom is -0.508 e. The highest BCUT2D eigenvalue weighted by atomic mass is 16.5. The van der Waals surface area contributed by atoms with Crippen molar-refractivity contribution in [2.45, 2.75) is 39.3 Å². The summed E-state index contributed by atoms with van der Waals surface area (Å²) < 4.78 is 5.75. The zero-order valence-electron chi connectivity index (χ0n) is 19.2. The lowest BCUT2D eigenvalue weighted by molar-refractivity contribution is -0.132. The number of hydrogen-bond donors (Lipinski definition) is 2. The second-order valence-corrected chi connectivity index (χ2v) is 9.06. The molecule has 0 bridgehead atoms. The van der Waals surface area contributed by atoms with Crippen molar-refractivity contribution < 1.29 is 24.5 Å². The maximum atomic E-state index is 13.3. The van der Waals surface area contributed by atoms with Crippen LogP contribution in [0.1, 0.15) is 40.8 Å². The molecule has 3 aromatic rings. The van der Waals surface area contributed by atoms with Gasteiger partial charge >= 0.3 is 0 Å². The summed E-state index contributed by atoms with van der Waals surface area (Å²) in [4.78, 5) is 28.1. The number of rotatable bonds is 3. The molecule has 2 heterocycles. The molecule has 1 fully saturated rings. The summed E-state index contributed by atoms with van der Waals surface area (Å²) in [5, 5.41) is 21.2. The molecule has 2 aliphatic heterocycles. The van der Waals surface area contributed by atoms with E-state index in [-0.39, 0.29) is 23.2 Å². The predicted molar refractivity (Wildman–Crippen MR) is 129 cm³/mol. The monoisotopic (exact) mass is 455 g/mol. The van der Waals surface area contributed by atoms with Crippen LogP contribution in [0.4, 0.5) is 5.69 Å².